The van der Waals surface area contributed by atoms with Gasteiger partial charge in [-0.25, -0.2) is 4.98 Å². The van der Waals surface area contributed by atoms with Gasteiger partial charge in [-0.05, 0) is 30.5 Å². The van der Waals surface area contributed by atoms with E-state index in [1.807, 2.05) is 42.2 Å². The van der Waals surface area contributed by atoms with Crippen molar-refractivity contribution in [3.63, 3.8) is 0 Å². The van der Waals surface area contributed by atoms with E-state index in [9.17, 15) is 4.79 Å². The number of carbonyl (C=O) groups is 1. The van der Waals surface area contributed by atoms with Crippen molar-refractivity contribution in [3.05, 3.63) is 46.6 Å². The smallest absolute Gasteiger partial charge is 0.233 e. The molecule has 0 fully saturated rings. The van der Waals surface area contributed by atoms with Crippen molar-refractivity contribution in [1.82, 2.24) is 14.8 Å². The molecule has 0 bridgehead atoms. The molecule has 8 heteroatoms. The summed E-state index contributed by atoms with van der Waals surface area (Å²) >= 11 is 1.59. The van der Waals surface area contributed by atoms with Crippen LogP contribution in [-0.4, -0.2) is 48.0 Å². The number of ether oxygens (including phenoxy) is 2. The Kier molecular flexibility index (Phi) is 5.64. The number of amides is 1. The molecule has 0 N–H and O–H groups in total. The van der Waals surface area contributed by atoms with E-state index < -0.39 is 0 Å². The third kappa shape index (κ3) is 3.90. The summed E-state index contributed by atoms with van der Waals surface area (Å²) in [7, 11) is 5.23. The number of carbonyl (C=O) groups excluding carboxylic acids is 1. The lowest BCUT2D eigenvalue weighted by molar-refractivity contribution is -0.118. The van der Waals surface area contributed by atoms with Gasteiger partial charge < -0.3 is 9.47 Å². The summed E-state index contributed by atoms with van der Waals surface area (Å²) in [6.07, 6.45) is 4.04. The van der Waals surface area contributed by atoms with Crippen LogP contribution in [0.25, 0.3) is 11.3 Å². The van der Waals surface area contributed by atoms with Crippen LogP contribution in [-0.2, 0) is 35.8 Å². The van der Waals surface area contributed by atoms with Crippen LogP contribution in [0.15, 0.2) is 30.5 Å². The maximum atomic E-state index is 13.1. The zero-order chi connectivity index (χ0) is 20.4. The summed E-state index contributed by atoms with van der Waals surface area (Å²) in [5.74, 6) is 0.780. The molecule has 0 radical (unpaired) electrons. The summed E-state index contributed by atoms with van der Waals surface area (Å²) in [5, 5.41) is 5.10. The van der Waals surface area contributed by atoms with Crippen LogP contribution in [0, 0.1) is 0 Å². The Bertz CT molecular complexity index is 1010. The van der Waals surface area contributed by atoms with Crippen molar-refractivity contribution in [3.8, 4) is 17.0 Å². The van der Waals surface area contributed by atoms with Crippen molar-refractivity contribution < 1.29 is 14.3 Å². The highest BCUT2D eigenvalue weighted by molar-refractivity contribution is 7.16. The Hall–Kier alpha value is -2.71. The van der Waals surface area contributed by atoms with Gasteiger partial charge in [0.05, 0.1) is 38.6 Å². The highest BCUT2D eigenvalue weighted by Crippen LogP contribution is 2.39. The van der Waals surface area contributed by atoms with Gasteiger partial charge in [0, 0.05) is 30.3 Å². The zero-order valence-corrected chi connectivity index (χ0v) is 17.7. The van der Waals surface area contributed by atoms with E-state index in [0.717, 1.165) is 40.5 Å². The van der Waals surface area contributed by atoms with E-state index in [4.69, 9.17) is 14.5 Å². The molecule has 0 saturated carbocycles. The highest BCUT2D eigenvalue weighted by Gasteiger charge is 2.27. The zero-order valence-electron chi connectivity index (χ0n) is 16.8. The Morgan fingerprint density at radius 1 is 1.24 bits per heavy atom. The van der Waals surface area contributed by atoms with E-state index in [-0.39, 0.29) is 5.91 Å². The first-order valence-corrected chi connectivity index (χ1v) is 10.4. The van der Waals surface area contributed by atoms with Crippen LogP contribution >= 0.6 is 11.3 Å². The molecule has 1 aliphatic rings. The Balaban J connectivity index is 1.60. The van der Waals surface area contributed by atoms with Gasteiger partial charge in [-0.15, -0.1) is 11.3 Å². The number of aryl methyl sites for hydroxylation is 2. The molecule has 0 unspecified atom stereocenters. The minimum Gasteiger partial charge on any atom is -0.497 e. The maximum absolute atomic E-state index is 13.1. The number of rotatable bonds is 7. The van der Waals surface area contributed by atoms with Crippen molar-refractivity contribution in [2.24, 2.45) is 7.05 Å². The average Bonchev–Trinajstić information content (AvgIpc) is 3.32. The predicted molar refractivity (Wildman–Crippen MR) is 113 cm³/mol. The fraction of sp³-hybridized carbons (Fsp3) is 0.381. The summed E-state index contributed by atoms with van der Waals surface area (Å²) < 4.78 is 12.3. The van der Waals surface area contributed by atoms with Gasteiger partial charge in [0.2, 0.25) is 5.91 Å². The SMILES string of the molecule is COCCN(C(=O)Cc1ccc(OC)cc1)c1nc2c(s1)CCc1c-2cnn1C. The fourth-order valence-electron chi connectivity index (χ4n) is 3.55. The molecule has 0 saturated heterocycles. The third-order valence-corrected chi connectivity index (χ3v) is 6.30. The van der Waals surface area contributed by atoms with Crippen molar-refractivity contribution in [2.75, 3.05) is 32.3 Å². The largest absolute Gasteiger partial charge is 0.497 e. The van der Waals surface area contributed by atoms with E-state index >= 15 is 0 Å². The molecule has 29 heavy (non-hydrogen) atoms. The van der Waals surface area contributed by atoms with E-state index in [1.165, 1.54) is 10.6 Å². The molecule has 152 valence electrons. The Labute approximate surface area is 173 Å². The average molecular weight is 413 g/mol. The molecule has 0 spiro atoms. The number of anilines is 1. The second-order valence-electron chi connectivity index (χ2n) is 6.96. The van der Waals surface area contributed by atoms with Crippen molar-refractivity contribution in [1.29, 1.82) is 0 Å². The molecular formula is C21H24N4O3S. The van der Waals surface area contributed by atoms with Gasteiger partial charge >= 0.3 is 0 Å². The number of nitrogens with zero attached hydrogens (tertiary/aromatic N) is 4. The van der Waals surface area contributed by atoms with E-state index in [2.05, 4.69) is 5.10 Å². The molecule has 0 atom stereocenters. The molecule has 1 aliphatic carbocycles. The van der Waals surface area contributed by atoms with Crippen molar-refractivity contribution in [2.45, 2.75) is 19.3 Å². The first-order chi connectivity index (χ1) is 14.1. The van der Waals surface area contributed by atoms with Crippen LogP contribution in [0.2, 0.25) is 0 Å². The fourth-order valence-corrected chi connectivity index (χ4v) is 4.66. The van der Waals surface area contributed by atoms with Gasteiger partial charge in [-0.1, -0.05) is 12.1 Å². The lowest BCUT2D eigenvalue weighted by atomic mass is 10.0. The van der Waals surface area contributed by atoms with Gasteiger partial charge in [0.1, 0.15) is 5.75 Å². The summed E-state index contributed by atoms with van der Waals surface area (Å²) in [6.45, 7) is 0.925. The first-order valence-electron chi connectivity index (χ1n) is 9.54. The molecule has 4 rings (SSSR count). The van der Waals surface area contributed by atoms with E-state index in [1.54, 1.807) is 30.5 Å². The predicted octanol–water partition coefficient (Wildman–Crippen LogP) is 2.87. The number of hydrogen-bond donors (Lipinski definition) is 0. The second-order valence-corrected chi connectivity index (χ2v) is 8.02. The molecule has 0 aliphatic heterocycles. The van der Waals surface area contributed by atoms with Crippen LogP contribution < -0.4 is 9.64 Å². The molecule has 1 amide bonds. The molecule has 1 aromatic carbocycles. The number of hydrogen-bond acceptors (Lipinski definition) is 6. The minimum absolute atomic E-state index is 0.00437. The number of methoxy groups -OCH3 is 2. The first kappa shape index (κ1) is 19.6. The van der Waals surface area contributed by atoms with E-state index in [0.29, 0.717) is 19.6 Å². The van der Waals surface area contributed by atoms with Crippen LogP contribution in [0.1, 0.15) is 16.1 Å². The summed E-state index contributed by atoms with van der Waals surface area (Å²) in [6, 6.07) is 7.57. The van der Waals surface area contributed by atoms with Crippen LogP contribution in [0.3, 0.4) is 0 Å². The number of aromatic nitrogens is 3. The summed E-state index contributed by atoms with van der Waals surface area (Å²) in [5.41, 5.74) is 4.17. The summed E-state index contributed by atoms with van der Waals surface area (Å²) in [4.78, 5) is 20.9. The number of benzene rings is 1. The minimum atomic E-state index is 0.00437. The van der Waals surface area contributed by atoms with Gasteiger partial charge in [-0.2, -0.15) is 5.10 Å². The molecule has 7 nitrogen and oxygen atoms in total. The monoisotopic (exact) mass is 412 g/mol. The van der Waals surface area contributed by atoms with Gasteiger partial charge in [0.15, 0.2) is 5.13 Å². The number of thiazole rings is 1. The van der Waals surface area contributed by atoms with Gasteiger partial charge in [-0.3, -0.25) is 14.4 Å². The lowest BCUT2D eigenvalue weighted by Crippen LogP contribution is -2.35. The lowest BCUT2D eigenvalue weighted by Gasteiger charge is -2.19. The Morgan fingerprint density at radius 2 is 2.03 bits per heavy atom. The molecule has 3 aromatic rings. The molecular weight excluding hydrogens is 388 g/mol. The molecule has 2 aromatic heterocycles. The maximum Gasteiger partial charge on any atom is 0.233 e. The quantitative estimate of drug-likeness (QED) is 0.597. The van der Waals surface area contributed by atoms with Crippen molar-refractivity contribution >= 4 is 22.4 Å². The van der Waals surface area contributed by atoms with Gasteiger partial charge in [0.25, 0.3) is 0 Å². The normalized spacial score (nSPS) is 12.4. The third-order valence-electron chi connectivity index (χ3n) is 5.16. The number of fused-ring (bicyclic) bond motifs is 3. The topological polar surface area (TPSA) is 69.5 Å². The van der Waals surface area contributed by atoms with Crippen LogP contribution in [0.5, 0.6) is 5.75 Å². The molecule has 2 heterocycles. The van der Waals surface area contributed by atoms with Crippen LogP contribution in [0.4, 0.5) is 5.13 Å². The second kappa shape index (κ2) is 8.34. The standard InChI is InChI=1S/C21H24N4O3S/c1-24-17-8-9-18-20(16(17)13-22-24)23-21(29-18)25(10-11-27-2)19(26)12-14-4-6-15(28-3)7-5-14/h4-7,13H,8-12H2,1-3H3. The highest BCUT2D eigenvalue weighted by atomic mass is 32.1. The Morgan fingerprint density at radius 3 is 2.76 bits per heavy atom.